The van der Waals surface area contributed by atoms with Gasteiger partial charge in [-0.25, -0.2) is 4.79 Å². The summed E-state index contributed by atoms with van der Waals surface area (Å²) in [5.74, 6) is -2.54. The molecule has 6 heteroatoms. The van der Waals surface area contributed by atoms with Gasteiger partial charge in [0.15, 0.2) is 0 Å². The van der Waals surface area contributed by atoms with E-state index in [4.69, 9.17) is 5.11 Å². The molecule has 114 valence electrons. The number of esters is 1. The maximum Gasteiger partial charge on any atom is 0.326 e. The van der Waals surface area contributed by atoms with E-state index in [9.17, 15) is 14.4 Å². The Labute approximate surface area is 123 Å². The maximum atomic E-state index is 12.1. The number of ether oxygens (including phenoxy) is 1. The normalized spacial score (nSPS) is 13.0. The van der Waals surface area contributed by atoms with E-state index < -0.39 is 29.8 Å². The molecule has 21 heavy (non-hydrogen) atoms. The molecule has 0 aliphatic heterocycles. The topological polar surface area (TPSA) is 92.7 Å². The molecule has 0 heterocycles. The first-order valence-electron chi connectivity index (χ1n) is 6.60. The molecular formula is C15H19NO5. The first kappa shape index (κ1) is 16.7. The quantitative estimate of drug-likeness (QED) is 0.739. The summed E-state index contributed by atoms with van der Waals surface area (Å²) in [6.07, 6.45) is -0.0667. The number of aliphatic carboxylic acids is 1. The van der Waals surface area contributed by atoms with Gasteiger partial charge in [-0.3, -0.25) is 9.59 Å². The minimum absolute atomic E-state index is 0.00471. The van der Waals surface area contributed by atoms with Gasteiger partial charge in [0.05, 0.1) is 13.0 Å². The number of hydrogen-bond acceptors (Lipinski definition) is 4. The van der Waals surface area contributed by atoms with E-state index in [1.54, 1.807) is 19.1 Å². The van der Waals surface area contributed by atoms with Crippen molar-refractivity contribution in [3.63, 3.8) is 0 Å². The summed E-state index contributed by atoms with van der Waals surface area (Å²) in [5, 5.41) is 11.5. The van der Waals surface area contributed by atoms with Crippen LogP contribution < -0.4 is 5.32 Å². The van der Waals surface area contributed by atoms with E-state index >= 15 is 0 Å². The molecule has 0 saturated heterocycles. The van der Waals surface area contributed by atoms with Gasteiger partial charge in [-0.15, -0.1) is 0 Å². The van der Waals surface area contributed by atoms with Gasteiger partial charge in [-0.2, -0.15) is 0 Å². The minimum Gasteiger partial charge on any atom is -0.480 e. The van der Waals surface area contributed by atoms with Gasteiger partial charge in [0.1, 0.15) is 6.04 Å². The standard InChI is InChI=1S/C15H19NO5/c1-10(11-6-4-3-5-7-11)14(18)16-12(15(19)20)8-9-13(17)21-2/h3-7,10,12H,8-9H2,1-2H3,(H,16,18)(H,19,20). The number of hydrogen-bond donors (Lipinski definition) is 2. The van der Waals surface area contributed by atoms with E-state index in [1.807, 2.05) is 18.2 Å². The predicted octanol–water partition coefficient (Wildman–Crippen LogP) is 1.31. The lowest BCUT2D eigenvalue weighted by molar-refractivity contribution is -0.144. The monoisotopic (exact) mass is 293 g/mol. The highest BCUT2D eigenvalue weighted by molar-refractivity contribution is 5.88. The second-order valence-corrected chi connectivity index (χ2v) is 4.65. The van der Waals surface area contributed by atoms with Gasteiger partial charge < -0.3 is 15.2 Å². The van der Waals surface area contributed by atoms with Crippen LogP contribution in [0.1, 0.15) is 31.2 Å². The summed E-state index contributed by atoms with van der Waals surface area (Å²) in [5.41, 5.74) is 0.798. The molecule has 2 unspecified atom stereocenters. The van der Waals surface area contributed by atoms with Crippen LogP contribution in [0.4, 0.5) is 0 Å². The molecule has 0 radical (unpaired) electrons. The van der Waals surface area contributed by atoms with Crippen molar-refractivity contribution >= 4 is 17.8 Å². The number of carboxylic acids is 1. The van der Waals surface area contributed by atoms with Gasteiger partial charge in [-0.1, -0.05) is 30.3 Å². The third-order valence-corrected chi connectivity index (χ3v) is 3.17. The zero-order valence-corrected chi connectivity index (χ0v) is 12.0. The fraction of sp³-hybridized carbons (Fsp3) is 0.400. The Kier molecular flexibility index (Phi) is 6.39. The number of benzene rings is 1. The Morgan fingerprint density at radius 2 is 1.86 bits per heavy atom. The Balaban J connectivity index is 2.64. The molecular weight excluding hydrogens is 274 g/mol. The highest BCUT2D eigenvalue weighted by atomic mass is 16.5. The summed E-state index contributed by atoms with van der Waals surface area (Å²) < 4.78 is 4.46. The summed E-state index contributed by atoms with van der Waals surface area (Å²) in [6, 6.07) is 7.95. The van der Waals surface area contributed by atoms with Crippen LogP contribution in [0, 0.1) is 0 Å². The Morgan fingerprint density at radius 3 is 2.38 bits per heavy atom. The molecule has 1 aromatic rings. The summed E-state index contributed by atoms with van der Waals surface area (Å²) >= 11 is 0. The second-order valence-electron chi connectivity index (χ2n) is 4.65. The van der Waals surface area contributed by atoms with Crippen LogP contribution in [-0.2, 0) is 19.1 Å². The number of carboxylic acid groups (broad SMARTS) is 1. The fourth-order valence-corrected chi connectivity index (χ4v) is 1.81. The third-order valence-electron chi connectivity index (χ3n) is 3.17. The largest absolute Gasteiger partial charge is 0.480 e. The lowest BCUT2D eigenvalue weighted by atomic mass is 10.00. The number of nitrogens with one attached hydrogen (secondary N) is 1. The lowest BCUT2D eigenvalue weighted by Gasteiger charge is -2.17. The van der Waals surface area contributed by atoms with Gasteiger partial charge >= 0.3 is 11.9 Å². The van der Waals surface area contributed by atoms with Crippen molar-refractivity contribution in [3.8, 4) is 0 Å². The number of carbonyl (C=O) groups is 3. The molecule has 6 nitrogen and oxygen atoms in total. The van der Waals surface area contributed by atoms with Crippen molar-refractivity contribution in [2.24, 2.45) is 0 Å². The Morgan fingerprint density at radius 1 is 1.24 bits per heavy atom. The zero-order valence-electron chi connectivity index (χ0n) is 12.0. The number of carbonyl (C=O) groups excluding carboxylic acids is 2. The number of rotatable bonds is 7. The van der Waals surface area contributed by atoms with Crippen LogP contribution in [0.3, 0.4) is 0 Å². The van der Waals surface area contributed by atoms with Crippen LogP contribution in [0.25, 0.3) is 0 Å². The summed E-state index contributed by atoms with van der Waals surface area (Å²) in [4.78, 5) is 34.3. The lowest BCUT2D eigenvalue weighted by Crippen LogP contribution is -2.42. The van der Waals surface area contributed by atoms with E-state index in [1.165, 1.54) is 7.11 Å². The molecule has 0 aliphatic rings. The minimum atomic E-state index is -1.17. The van der Waals surface area contributed by atoms with Crippen LogP contribution in [0.15, 0.2) is 30.3 Å². The first-order chi connectivity index (χ1) is 9.95. The highest BCUT2D eigenvalue weighted by Gasteiger charge is 2.24. The molecule has 0 aromatic heterocycles. The van der Waals surface area contributed by atoms with E-state index in [0.29, 0.717) is 0 Å². The second kappa shape index (κ2) is 8.04. The van der Waals surface area contributed by atoms with Gasteiger partial charge in [0, 0.05) is 6.42 Å². The van der Waals surface area contributed by atoms with Crippen molar-refractivity contribution < 1.29 is 24.2 Å². The summed E-state index contributed by atoms with van der Waals surface area (Å²) in [6.45, 7) is 1.70. The maximum absolute atomic E-state index is 12.1. The molecule has 1 rings (SSSR count). The van der Waals surface area contributed by atoms with Gasteiger partial charge in [0.2, 0.25) is 5.91 Å². The van der Waals surface area contributed by atoms with Crippen molar-refractivity contribution in [3.05, 3.63) is 35.9 Å². The van der Waals surface area contributed by atoms with Crippen LogP contribution in [0.5, 0.6) is 0 Å². The molecule has 0 bridgehead atoms. The average molecular weight is 293 g/mol. The number of methoxy groups -OCH3 is 1. The van der Waals surface area contributed by atoms with Crippen molar-refractivity contribution in [1.82, 2.24) is 5.32 Å². The highest BCUT2D eigenvalue weighted by Crippen LogP contribution is 2.15. The SMILES string of the molecule is COC(=O)CCC(NC(=O)C(C)c1ccccc1)C(=O)O. The Hall–Kier alpha value is -2.37. The Bertz CT molecular complexity index is 500. The predicted molar refractivity (Wildman–Crippen MR) is 75.7 cm³/mol. The van der Waals surface area contributed by atoms with Crippen LogP contribution in [0.2, 0.25) is 0 Å². The average Bonchev–Trinajstić information content (AvgIpc) is 2.50. The molecule has 2 atom stereocenters. The first-order valence-corrected chi connectivity index (χ1v) is 6.60. The van der Waals surface area contributed by atoms with E-state index in [2.05, 4.69) is 10.1 Å². The molecule has 0 aliphatic carbocycles. The van der Waals surface area contributed by atoms with Crippen molar-refractivity contribution in [1.29, 1.82) is 0 Å². The zero-order chi connectivity index (χ0) is 15.8. The summed E-state index contributed by atoms with van der Waals surface area (Å²) in [7, 11) is 1.23. The van der Waals surface area contributed by atoms with E-state index in [-0.39, 0.29) is 12.8 Å². The smallest absolute Gasteiger partial charge is 0.326 e. The van der Waals surface area contributed by atoms with Crippen LogP contribution >= 0.6 is 0 Å². The molecule has 1 aromatic carbocycles. The molecule has 2 N–H and O–H groups in total. The van der Waals surface area contributed by atoms with E-state index in [0.717, 1.165) is 5.56 Å². The third kappa shape index (κ3) is 5.25. The fourth-order valence-electron chi connectivity index (χ4n) is 1.81. The van der Waals surface area contributed by atoms with Gasteiger partial charge in [0.25, 0.3) is 0 Å². The van der Waals surface area contributed by atoms with Gasteiger partial charge in [-0.05, 0) is 18.9 Å². The van der Waals surface area contributed by atoms with Crippen molar-refractivity contribution in [2.45, 2.75) is 31.7 Å². The van der Waals surface area contributed by atoms with Crippen LogP contribution in [-0.4, -0.2) is 36.1 Å². The molecule has 0 saturated carbocycles. The van der Waals surface area contributed by atoms with Crippen molar-refractivity contribution in [2.75, 3.05) is 7.11 Å². The number of amides is 1. The molecule has 0 fully saturated rings. The molecule has 0 spiro atoms. The molecule has 1 amide bonds.